The lowest BCUT2D eigenvalue weighted by Gasteiger charge is -2.34. The minimum absolute atomic E-state index is 0.113. The second-order valence-corrected chi connectivity index (χ2v) is 7.52. The zero-order valence-electron chi connectivity index (χ0n) is 16.9. The molecule has 0 saturated heterocycles. The Balaban J connectivity index is 1.90. The van der Waals surface area contributed by atoms with Crippen LogP contribution >= 0.6 is 0 Å². The minimum Gasteiger partial charge on any atom is -0.383 e. The van der Waals surface area contributed by atoms with Crippen molar-refractivity contribution in [1.82, 2.24) is 9.88 Å². The second-order valence-electron chi connectivity index (χ2n) is 7.52. The van der Waals surface area contributed by atoms with Gasteiger partial charge in [0, 0.05) is 18.9 Å². The molecular weight excluding hydrogens is 360 g/mol. The van der Waals surface area contributed by atoms with Crippen molar-refractivity contribution < 1.29 is 9.53 Å². The van der Waals surface area contributed by atoms with Crippen LogP contribution in [0, 0.1) is 11.8 Å². The van der Waals surface area contributed by atoms with E-state index in [2.05, 4.69) is 42.3 Å². The Labute approximate surface area is 171 Å². The average Bonchev–Trinajstić information content (AvgIpc) is 3.29. The second kappa shape index (κ2) is 8.14. The summed E-state index contributed by atoms with van der Waals surface area (Å²) >= 11 is 0. The van der Waals surface area contributed by atoms with E-state index in [1.165, 1.54) is 0 Å². The van der Waals surface area contributed by atoms with Gasteiger partial charge in [0.1, 0.15) is 5.41 Å². The lowest BCUT2D eigenvalue weighted by Crippen LogP contribution is -2.42. The van der Waals surface area contributed by atoms with Gasteiger partial charge in [-0.2, -0.15) is 0 Å². The van der Waals surface area contributed by atoms with Gasteiger partial charge in [-0.1, -0.05) is 67.8 Å². The van der Waals surface area contributed by atoms with Gasteiger partial charge in [0.2, 0.25) is 0 Å². The summed E-state index contributed by atoms with van der Waals surface area (Å²) in [7, 11) is 1.69. The third-order valence-corrected chi connectivity index (χ3v) is 5.63. The van der Waals surface area contributed by atoms with Crippen molar-refractivity contribution in [2.24, 2.45) is 0 Å². The van der Waals surface area contributed by atoms with Crippen LogP contribution in [0.3, 0.4) is 0 Å². The summed E-state index contributed by atoms with van der Waals surface area (Å²) in [6, 6.07) is 19.8. The maximum absolute atomic E-state index is 13.0. The van der Waals surface area contributed by atoms with E-state index >= 15 is 0 Å². The molecule has 2 heterocycles. The number of nitrogens with one attached hydrogen (secondary N) is 1. The van der Waals surface area contributed by atoms with Gasteiger partial charge in [0.05, 0.1) is 23.9 Å². The largest absolute Gasteiger partial charge is 0.383 e. The smallest absolute Gasteiger partial charge is 0.326 e. The molecule has 2 atom stereocenters. The summed E-state index contributed by atoms with van der Waals surface area (Å²) in [6.45, 7) is 2.56. The van der Waals surface area contributed by atoms with Crippen molar-refractivity contribution in [2.75, 3.05) is 13.7 Å². The molecule has 148 valence electrons. The molecular formula is C25H26N2O2. The summed E-state index contributed by atoms with van der Waals surface area (Å²) in [4.78, 5) is 13.0. The highest BCUT2D eigenvalue weighted by Gasteiger charge is 2.47. The number of hydrogen-bond acceptors (Lipinski definition) is 2. The van der Waals surface area contributed by atoms with E-state index < -0.39 is 5.41 Å². The molecule has 1 aliphatic rings. The molecule has 0 aliphatic carbocycles. The molecule has 2 aromatic carbocycles. The number of unbranched alkanes of at least 4 members (excludes halogenated alkanes) is 2. The van der Waals surface area contributed by atoms with Gasteiger partial charge in [0.25, 0.3) is 0 Å². The van der Waals surface area contributed by atoms with Crippen LogP contribution in [-0.2, 0) is 10.2 Å². The topological polar surface area (TPSA) is 43.3 Å². The monoisotopic (exact) mass is 386 g/mol. The number of nitrogens with zero attached hydrogens (tertiary/aromatic N) is 1. The lowest BCUT2D eigenvalue weighted by atomic mass is 9.74. The van der Waals surface area contributed by atoms with Crippen LogP contribution in [0.25, 0.3) is 10.9 Å². The number of methoxy groups -OCH3 is 1. The van der Waals surface area contributed by atoms with Crippen LogP contribution in [0.4, 0.5) is 4.79 Å². The van der Waals surface area contributed by atoms with E-state index in [0.29, 0.717) is 6.61 Å². The Morgan fingerprint density at radius 2 is 1.90 bits per heavy atom. The highest BCUT2D eigenvalue weighted by Crippen LogP contribution is 2.42. The molecule has 1 N–H and O–H groups in total. The van der Waals surface area contributed by atoms with Crippen molar-refractivity contribution in [3.05, 3.63) is 71.9 Å². The van der Waals surface area contributed by atoms with Gasteiger partial charge in [-0.3, -0.25) is 4.57 Å². The van der Waals surface area contributed by atoms with Gasteiger partial charge in [-0.25, -0.2) is 4.79 Å². The predicted octanol–water partition coefficient (Wildman–Crippen LogP) is 5.03. The molecule has 0 fully saturated rings. The number of aromatic nitrogens is 1. The number of ether oxygens (including phenoxy) is 1. The zero-order valence-corrected chi connectivity index (χ0v) is 16.9. The maximum Gasteiger partial charge on any atom is 0.326 e. The first kappa shape index (κ1) is 19.3. The van der Waals surface area contributed by atoms with E-state index in [9.17, 15) is 4.79 Å². The molecule has 0 radical (unpaired) electrons. The first-order valence-corrected chi connectivity index (χ1v) is 10.2. The van der Waals surface area contributed by atoms with Gasteiger partial charge in [-0.05, 0) is 24.1 Å². The third kappa shape index (κ3) is 3.32. The molecule has 1 amide bonds. The highest BCUT2D eigenvalue weighted by atomic mass is 16.5. The molecule has 0 spiro atoms. The van der Waals surface area contributed by atoms with Crippen LogP contribution in [-0.4, -0.2) is 24.3 Å². The Morgan fingerprint density at radius 1 is 1.14 bits per heavy atom. The number of hydrogen-bond donors (Lipinski definition) is 1. The molecule has 0 saturated carbocycles. The standard InChI is InChI=1S/C25H26N2O2/c1-3-4-5-11-16-25(18-29-2,20-13-7-6-8-14-20)23-22-17-19-12-9-10-15-21(19)27(22)24(28)26-23/h6-10,12-15,17,23H,3-5,18H2,1-2H3,(H,26,28). The number of benzene rings is 2. The maximum atomic E-state index is 13.0. The summed E-state index contributed by atoms with van der Waals surface area (Å²) in [5.41, 5.74) is 2.24. The Bertz CT molecular complexity index is 1070. The van der Waals surface area contributed by atoms with Crippen LogP contribution < -0.4 is 5.32 Å². The van der Waals surface area contributed by atoms with E-state index in [-0.39, 0.29) is 12.1 Å². The van der Waals surface area contributed by atoms with Crippen molar-refractivity contribution in [2.45, 2.75) is 37.6 Å². The fourth-order valence-electron chi connectivity index (χ4n) is 4.22. The van der Waals surface area contributed by atoms with Crippen molar-refractivity contribution >= 4 is 16.9 Å². The number of para-hydroxylation sites is 1. The molecule has 2 unspecified atom stereocenters. The van der Waals surface area contributed by atoms with Crippen molar-refractivity contribution in [3.63, 3.8) is 0 Å². The molecule has 29 heavy (non-hydrogen) atoms. The Hall–Kier alpha value is -3.03. The summed E-state index contributed by atoms with van der Waals surface area (Å²) in [6.07, 6.45) is 2.99. The quantitative estimate of drug-likeness (QED) is 0.477. The van der Waals surface area contributed by atoms with Crippen LogP contribution in [0.1, 0.15) is 43.5 Å². The molecule has 4 heteroatoms. The molecule has 3 aromatic rings. The SMILES string of the molecule is CCCCC#CC(COC)(c1ccccc1)C1NC(=O)n2c1cc1ccccc12. The first-order chi connectivity index (χ1) is 14.2. The number of carbonyl (C=O) groups excluding carboxylic acids is 1. The lowest BCUT2D eigenvalue weighted by molar-refractivity contribution is 0.137. The van der Waals surface area contributed by atoms with Gasteiger partial charge in [-0.15, -0.1) is 5.92 Å². The fraction of sp³-hybridized carbons (Fsp3) is 0.320. The number of fused-ring (bicyclic) bond motifs is 3. The number of rotatable bonds is 6. The summed E-state index contributed by atoms with van der Waals surface area (Å²) < 4.78 is 7.47. The Kier molecular flexibility index (Phi) is 5.42. The van der Waals surface area contributed by atoms with Crippen molar-refractivity contribution in [3.8, 4) is 11.8 Å². The molecule has 4 nitrogen and oxygen atoms in total. The van der Waals surface area contributed by atoms with E-state index in [4.69, 9.17) is 4.74 Å². The average molecular weight is 386 g/mol. The molecule has 1 aromatic heterocycles. The number of amides is 1. The zero-order chi connectivity index (χ0) is 20.3. The normalized spacial score (nSPS) is 17.3. The molecule has 1 aliphatic heterocycles. The predicted molar refractivity (Wildman–Crippen MR) is 116 cm³/mol. The van der Waals surface area contributed by atoms with E-state index in [1.807, 2.05) is 42.5 Å². The summed E-state index contributed by atoms with van der Waals surface area (Å²) in [5.74, 6) is 6.91. The fourth-order valence-corrected chi connectivity index (χ4v) is 4.22. The van der Waals surface area contributed by atoms with Crippen LogP contribution in [0.5, 0.6) is 0 Å². The van der Waals surface area contributed by atoms with Crippen LogP contribution in [0.15, 0.2) is 60.7 Å². The minimum atomic E-state index is -0.665. The molecule has 0 bridgehead atoms. The van der Waals surface area contributed by atoms with Gasteiger partial charge < -0.3 is 10.1 Å². The van der Waals surface area contributed by atoms with Gasteiger partial charge in [0.15, 0.2) is 0 Å². The number of carbonyl (C=O) groups is 1. The third-order valence-electron chi connectivity index (χ3n) is 5.63. The van der Waals surface area contributed by atoms with Gasteiger partial charge >= 0.3 is 6.03 Å². The highest BCUT2D eigenvalue weighted by molar-refractivity contribution is 5.95. The Morgan fingerprint density at radius 3 is 2.66 bits per heavy atom. The molecule has 4 rings (SSSR count). The van der Waals surface area contributed by atoms with Crippen molar-refractivity contribution in [1.29, 1.82) is 0 Å². The van der Waals surface area contributed by atoms with E-state index in [1.54, 1.807) is 11.7 Å². The van der Waals surface area contributed by atoms with E-state index in [0.717, 1.165) is 41.4 Å². The summed E-state index contributed by atoms with van der Waals surface area (Å²) in [5, 5.41) is 4.25. The van der Waals surface area contributed by atoms with Crippen LogP contribution in [0.2, 0.25) is 0 Å². The first-order valence-electron chi connectivity index (χ1n) is 10.2.